The predicted molar refractivity (Wildman–Crippen MR) is 87.4 cm³/mol. The second-order valence-corrected chi connectivity index (χ2v) is 5.66. The van der Waals surface area contributed by atoms with Gasteiger partial charge in [-0.25, -0.2) is 0 Å². The van der Waals surface area contributed by atoms with Crippen LogP contribution >= 0.6 is 0 Å². The van der Waals surface area contributed by atoms with Gasteiger partial charge in [-0.1, -0.05) is 31.9 Å². The van der Waals surface area contributed by atoms with Crippen molar-refractivity contribution < 1.29 is 9.90 Å². The molecule has 1 aromatic carbocycles. The second-order valence-electron chi connectivity index (χ2n) is 5.66. The number of rotatable bonds is 7. The van der Waals surface area contributed by atoms with Gasteiger partial charge < -0.3 is 10.0 Å². The van der Waals surface area contributed by atoms with E-state index in [4.69, 9.17) is 0 Å². The van der Waals surface area contributed by atoms with E-state index in [1.807, 2.05) is 12.1 Å². The minimum Gasteiger partial charge on any atom is -0.374 e. The highest BCUT2D eigenvalue weighted by Gasteiger charge is 2.22. The monoisotopic (exact) mass is 287 g/mol. The van der Waals surface area contributed by atoms with Gasteiger partial charge in [0.25, 0.3) is 0 Å². The summed E-state index contributed by atoms with van der Waals surface area (Å²) in [5, 5.41) is 10.4. The van der Waals surface area contributed by atoms with E-state index >= 15 is 0 Å². The molecule has 1 N–H and O–H groups in total. The molecule has 3 nitrogen and oxygen atoms in total. The van der Waals surface area contributed by atoms with Crippen LogP contribution in [-0.2, 0) is 11.2 Å². The third kappa shape index (κ3) is 4.18. The molecule has 1 aliphatic rings. The molecule has 1 aromatic rings. The Kier molecular flexibility index (Phi) is 6.00. The number of benzene rings is 1. The molecule has 21 heavy (non-hydrogen) atoms. The maximum absolute atomic E-state index is 10.4. The van der Waals surface area contributed by atoms with E-state index in [0.717, 1.165) is 49.8 Å². The first-order valence-corrected chi connectivity index (χ1v) is 7.95. The van der Waals surface area contributed by atoms with Gasteiger partial charge in [-0.2, -0.15) is 0 Å². The maximum atomic E-state index is 10.4. The molecule has 0 bridgehead atoms. The predicted octanol–water partition coefficient (Wildman–Crippen LogP) is 3.55. The lowest BCUT2D eigenvalue weighted by Crippen LogP contribution is -2.39. The molecule has 0 fully saturated rings. The Bertz CT molecular complexity index is 496. The average Bonchev–Trinajstić information content (AvgIpc) is 2.52. The van der Waals surface area contributed by atoms with Crippen LogP contribution in [0.4, 0.5) is 5.69 Å². The van der Waals surface area contributed by atoms with E-state index in [0.29, 0.717) is 0 Å². The van der Waals surface area contributed by atoms with Gasteiger partial charge in [-0.3, -0.25) is 4.79 Å². The summed E-state index contributed by atoms with van der Waals surface area (Å²) in [6.07, 6.45) is 10.1. The number of nitrogens with zero attached hydrogens (tertiary/aromatic N) is 1. The summed E-state index contributed by atoms with van der Waals surface area (Å²) in [5.41, 5.74) is 3.46. The van der Waals surface area contributed by atoms with Crippen molar-refractivity contribution in [1.82, 2.24) is 0 Å². The molecule has 0 aliphatic carbocycles. The van der Waals surface area contributed by atoms with Crippen LogP contribution in [-0.4, -0.2) is 24.2 Å². The number of aldehydes is 1. The molecule has 1 heterocycles. The Morgan fingerprint density at radius 1 is 1.38 bits per heavy atom. The number of carbonyl (C=O) groups excluding carboxylic acids is 1. The number of aryl methyl sites for hydroxylation is 1. The number of hydrogen-bond donors (Lipinski definition) is 1. The summed E-state index contributed by atoms with van der Waals surface area (Å²) in [7, 11) is 0. The number of aliphatic hydroxyl groups excluding tert-OH is 1. The molecule has 0 amide bonds. The molecule has 3 heteroatoms. The number of allylic oxidation sites excluding steroid dienone is 1. The quantitative estimate of drug-likeness (QED) is 0.473. The lowest BCUT2D eigenvalue weighted by atomic mass is 9.98. The second kappa shape index (κ2) is 7.99. The van der Waals surface area contributed by atoms with Crippen molar-refractivity contribution in [3.8, 4) is 0 Å². The van der Waals surface area contributed by atoms with Crippen LogP contribution in [0, 0.1) is 0 Å². The van der Waals surface area contributed by atoms with E-state index in [-0.39, 0.29) is 6.23 Å². The highest BCUT2D eigenvalue weighted by molar-refractivity contribution is 5.74. The number of unbranched alkanes of at least 4 members (excludes halogenated alkanes) is 2. The van der Waals surface area contributed by atoms with E-state index in [1.165, 1.54) is 24.5 Å². The van der Waals surface area contributed by atoms with E-state index in [9.17, 15) is 9.90 Å². The first kappa shape index (κ1) is 15.8. The van der Waals surface area contributed by atoms with Crippen LogP contribution in [0.2, 0.25) is 0 Å². The number of aliphatic hydroxyl groups is 1. The first-order chi connectivity index (χ1) is 10.3. The summed E-state index contributed by atoms with van der Waals surface area (Å²) in [6, 6.07) is 6.21. The topological polar surface area (TPSA) is 40.5 Å². The molecule has 0 radical (unpaired) electrons. The lowest BCUT2D eigenvalue weighted by Gasteiger charge is -2.35. The van der Waals surface area contributed by atoms with Crippen molar-refractivity contribution in [2.45, 2.75) is 51.7 Å². The van der Waals surface area contributed by atoms with Gasteiger partial charge in [0.1, 0.15) is 12.5 Å². The molecule has 1 atom stereocenters. The smallest absolute Gasteiger partial charge is 0.142 e. The molecule has 114 valence electrons. The van der Waals surface area contributed by atoms with Crippen molar-refractivity contribution in [2.24, 2.45) is 0 Å². The third-order valence-corrected chi connectivity index (χ3v) is 4.05. The summed E-state index contributed by atoms with van der Waals surface area (Å²) in [4.78, 5) is 12.5. The lowest BCUT2D eigenvalue weighted by molar-refractivity contribution is -0.104. The molecule has 1 unspecified atom stereocenters. The molecular weight excluding hydrogens is 262 g/mol. The average molecular weight is 287 g/mol. The van der Waals surface area contributed by atoms with Crippen molar-refractivity contribution in [3.05, 3.63) is 35.4 Å². The van der Waals surface area contributed by atoms with Crippen LogP contribution in [0.3, 0.4) is 0 Å². The van der Waals surface area contributed by atoms with Crippen molar-refractivity contribution in [2.75, 3.05) is 11.4 Å². The van der Waals surface area contributed by atoms with Crippen molar-refractivity contribution in [1.29, 1.82) is 0 Å². The minimum absolute atomic E-state index is 0.382. The van der Waals surface area contributed by atoms with Crippen molar-refractivity contribution >= 4 is 18.0 Å². The van der Waals surface area contributed by atoms with Gasteiger partial charge in [0, 0.05) is 12.2 Å². The fraction of sp³-hybridized carbons (Fsp3) is 0.500. The summed E-state index contributed by atoms with van der Waals surface area (Å²) in [6.45, 7) is 3.10. The summed E-state index contributed by atoms with van der Waals surface area (Å²) in [5.74, 6) is 0. The number of anilines is 1. The summed E-state index contributed by atoms with van der Waals surface area (Å²) < 4.78 is 0. The van der Waals surface area contributed by atoms with Crippen LogP contribution < -0.4 is 4.90 Å². The van der Waals surface area contributed by atoms with Gasteiger partial charge in [-0.05, 0) is 55.0 Å². The Hall–Kier alpha value is -1.61. The van der Waals surface area contributed by atoms with E-state index < -0.39 is 0 Å². The fourth-order valence-electron chi connectivity index (χ4n) is 2.94. The van der Waals surface area contributed by atoms with E-state index in [2.05, 4.69) is 24.0 Å². The van der Waals surface area contributed by atoms with Crippen LogP contribution in [0.25, 0.3) is 6.08 Å². The zero-order chi connectivity index (χ0) is 15.1. The van der Waals surface area contributed by atoms with Gasteiger partial charge >= 0.3 is 0 Å². The first-order valence-electron chi connectivity index (χ1n) is 7.95. The SMILES string of the molecule is CCCCCC(O)N1CCCc2cc(/C=C/C=O)ccc21. The molecule has 0 saturated heterocycles. The Morgan fingerprint density at radius 2 is 2.24 bits per heavy atom. The molecule has 0 aromatic heterocycles. The maximum Gasteiger partial charge on any atom is 0.142 e. The van der Waals surface area contributed by atoms with Crippen molar-refractivity contribution in [3.63, 3.8) is 0 Å². The standard InChI is InChI=1S/C18H25NO2/c1-2-3-4-9-18(21)19-12-5-8-16-14-15(7-6-13-20)10-11-17(16)19/h6-7,10-11,13-14,18,21H,2-5,8-9,12H2,1H3/b7-6+. The van der Waals surface area contributed by atoms with Crippen LogP contribution in [0.5, 0.6) is 0 Å². The van der Waals surface area contributed by atoms with Crippen LogP contribution in [0.1, 0.15) is 50.2 Å². The number of carbonyl (C=O) groups is 1. The third-order valence-electron chi connectivity index (χ3n) is 4.05. The Morgan fingerprint density at radius 3 is 3.00 bits per heavy atom. The normalized spacial score (nSPS) is 16.0. The van der Waals surface area contributed by atoms with E-state index in [1.54, 1.807) is 0 Å². The van der Waals surface area contributed by atoms with Gasteiger partial charge in [0.15, 0.2) is 0 Å². The molecular formula is C18H25NO2. The highest BCUT2D eigenvalue weighted by atomic mass is 16.3. The zero-order valence-corrected chi connectivity index (χ0v) is 12.8. The number of hydrogen-bond acceptors (Lipinski definition) is 3. The molecule has 2 rings (SSSR count). The minimum atomic E-state index is -0.382. The molecule has 1 aliphatic heterocycles. The highest BCUT2D eigenvalue weighted by Crippen LogP contribution is 2.30. The van der Waals surface area contributed by atoms with Crippen LogP contribution in [0.15, 0.2) is 24.3 Å². The number of fused-ring (bicyclic) bond motifs is 1. The largest absolute Gasteiger partial charge is 0.374 e. The molecule has 0 saturated carbocycles. The Labute approximate surface area is 127 Å². The van der Waals surface area contributed by atoms with Gasteiger partial charge in [0.2, 0.25) is 0 Å². The molecule has 0 spiro atoms. The van der Waals surface area contributed by atoms with Gasteiger partial charge in [0.05, 0.1) is 0 Å². The Balaban J connectivity index is 2.11. The fourth-order valence-corrected chi connectivity index (χ4v) is 2.94. The van der Waals surface area contributed by atoms with Gasteiger partial charge in [-0.15, -0.1) is 0 Å². The zero-order valence-electron chi connectivity index (χ0n) is 12.8. The summed E-state index contributed by atoms with van der Waals surface area (Å²) >= 11 is 0.